The predicted molar refractivity (Wildman–Crippen MR) is 71.3 cm³/mol. The molecular formula is C10H18N2O4S2. The molecule has 0 spiro atoms. The fourth-order valence-electron chi connectivity index (χ4n) is 1.78. The molecule has 0 saturated carbocycles. The van der Waals surface area contributed by atoms with Crippen molar-refractivity contribution < 1.29 is 18.0 Å². The summed E-state index contributed by atoms with van der Waals surface area (Å²) in [6, 6.07) is -0.818. The van der Waals surface area contributed by atoms with E-state index in [9.17, 15) is 18.0 Å². The highest BCUT2D eigenvalue weighted by atomic mass is 32.2. The first-order chi connectivity index (χ1) is 8.34. The molecule has 0 aromatic carbocycles. The first-order valence-corrected chi connectivity index (χ1v) is 8.18. The molecule has 1 aliphatic rings. The van der Waals surface area contributed by atoms with Crippen LogP contribution in [0.4, 0.5) is 0 Å². The van der Waals surface area contributed by atoms with Crippen LogP contribution in [0.25, 0.3) is 0 Å². The first-order valence-electron chi connectivity index (χ1n) is 5.73. The van der Waals surface area contributed by atoms with Crippen LogP contribution in [0, 0.1) is 0 Å². The summed E-state index contributed by atoms with van der Waals surface area (Å²) in [5.41, 5.74) is 0. The highest BCUT2D eigenvalue weighted by Gasteiger charge is 2.27. The number of carbonyl (C=O) groups is 2. The lowest BCUT2D eigenvalue weighted by Gasteiger charge is -2.25. The van der Waals surface area contributed by atoms with Crippen molar-refractivity contribution in [2.75, 3.05) is 17.3 Å². The minimum atomic E-state index is -2.93. The van der Waals surface area contributed by atoms with E-state index < -0.39 is 15.9 Å². The third-order valence-corrected chi connectivity index (χ3v) is 4.86. The van der Waals surface area contributed by atoms with Crippen LogP contribution in [0.5, 0.6) is 0 Å². The molecule has 0 aromatic heterocycles. The molecule has 0 aliphatic carbocycles. The molecule has 1 aliphatic heterocycles. The molecule has 18 heavy (non-hydrogen) atoms. The van der Waals surface area contributed by atoms with Gasteiger partial charge in [-0.2, -0.15) is 12.6 Å². The highest BCUT2D eigenvalue weighted by molar-refractivity contribution is 7.91. The highest BCUT2D eigenvalue weighted by Crippen LogP contribution is 2.12. The SMILES string of the molecule is CC(=O)NC(CS)C(=O)NC1CCS(=O)(=O)CC1. The molecule has 1 saturated heterocycles. The summed E-state index contributed by atoms with van der Waals surface area (Å²) in [6.45, 7) is 1.33. The molecule has 104 valence electrons. The maximum absolute atomic E-state index is 11.8. The van der Waals surface area contributed by atoms with Gasteiger partial charge in [-0.25, -0.2) is 8.42 Å². The lowest BCUT2D eigenvalue weighted by Crippen LogP contribution is -2.51. The van der Waals surface area contributed by atoms with Gasteiger partial charge in [0, 0.05) is 18.7 Å². The van der Waals surface area contributed by atoms with E-state index in [1.807, 2.05) is 0 Å². The quantitative estimate of drug-likeness (QED) is 0.587. The smallest absolute Gasteiger partial charge is 0.243 e. The molecule has 0 radical (unpaired) electrons. The van der Waals surface area contributed by atoms with Gasteiger partial charge in [-0.05, 0) is 12.8 Å². The van der Waals surface area contributed by atoms with E-state index in [1.54, 1.807) is 0 Å². The van der Waals surface area contributed by atoms with Crippen molar-refractivity contribution in [3.63, 3.8) is 0 Å². The summed E-state index contributed by atoms with van der Waals surface area (Å²) in [6.07, 6.45) is 0.848. The van der Waals surface area contributed by atoms with Crippen molar-refractivity contribution in [2.45, 2.75) is 31.8 Å². The Hall–Kier alpha value is -0.760. The Kier molecular flexibility index (Phi) is 5.46. The molecule has 1 atom stereocenters. The Morgan fingerprint density at radius 2 is 1.89 bits per heavy atom. The summed E-state index contributed by atoms with van der Waals surface area (Å²) in [7, 11) is -2.93. The molecule has 6 nitrogen and oxygen atoms in total. The second kappa shape index (κ2) is 6.42. The lowest BCUT2D eigenvalue weighted by molar-refractivity contribution is -0.128. The van der Waals surface area contributed by atoms with Crippen LogP contribution in [-0.2, 0) is 19.4 Å². The van der Waals surface area contributed by atoms with Gasteiger partial charge in [-0.15, -0.1) is 0 Å². The molecule has 0 bridgehead atoms. The van der Waals surface area contributed by atoms with Crippen LogP contribution in [0.3, 0.4) is 0 Å². The summed E-state index contributed by atoms with van der Waals surface area (Å²) < 4.78 is 22.5. The van der Waals surface area contributed by atoms with Gasteiger partial charge in [-0.1, -0.05) is 0 Å². The van der Waals surface area contributed by atoms with Gasteiger partial charge in [0.1, 0.15) is 15.9 Å². The van der Waals surface area contributed by atoms with Gasteiger partial charge < -0.3 is 10.6 Å². The van der Waals surface area contributed by atoms with Crippen LogP contribution in [0.15, 0.2) is 0 Å². The Bertz CT molecular complexity index is 408. The molecule has 1 rings (SSSR count). The Labute approximate surface area is 112 Å². The fraction of sp³-hybridized carbons (Fsp3) is 0.800. The van der Waals surface area contributed by atoms with Crippen LogP contribution in [0.1, 0.15) is 19.8 Å². The van der Waals surface area contributed by atoms with Gasteiger partial charge in [-0.3, -0.25) is 9.59 Å². The Morgan fingerprint density at radius 3 is 2.33 bits per heavy atom. The van der Waals surface area contributed by atoms with Crippen LogP contribution in [0.2, 0.25) is 0 Å². The molecule has 1 heterocycles. The monoisotopic (exact) mass is 294 g/mol. The molecule has 1 unspecified atom stereocenters. The van der Waals surface area contributed by atoms with E-state index in [2.05, 4.69) is 23.3 Å². The largest absolute Gasteiger partial charge is 0.351 e. The maximum atomic E-state index is 11.8. The zero-order valence-corrected chi connectivity index (χ0v) is 11.9. The third kappa shape index (κ3) is 4.85. The lowest BCUT2D eigenvalue weighted by atomic mass is 10.1. The first kappa shape index (κ1) is 15.3. The van der Waals surface area contributed by atoms with Crippen molar-refractivity contribution >= 4 is 34.3 Å². The summed E-state index contributed by atoms with van der Waals surface area (Å²) in [5, 5.41) is 5.24. The Balaban J connectivity index is 2.47. The maximum Gasteiger partial charge on any atom is 0.243 e. The van der Waals surface area contributed by atoms with Crippen LogP contribution < -0.4 is 10.6 Å². The van der Waals surface area contributed by atoms with Crippen molar-refractivity contribution in [1.29, 1.82) is 0 Å². The summed E-state index contributed by atoms with van der Waals surface area (Å²) in [5.74, 6) is -0.205. The third-order valence-electron chi connectivity index (χ3n) is 2.78. The van der Waals surface area contributed by atoms with Crippen molar-refractivity contribution in [3.05, 3.63) is 0 Å². The number of hydrogen-bond donors (Lipinski definition) is 3. The molecule has 0 aromatic rings. The molecule has 8 heteroatoms. The van der Waals surface area contributed by atoms with E-state index in [0.717, 1.165) is 0 Å². The van der Waals surface area contributed by atoms with Crippen molar-refractivity contribution in [3.8, 4) is 0 Å². The summed E-state index contributed by atoms with van der Waals surface area (Å²) in [4.78, 5) is 22.7. The van der Waals surface area contributed by atoms with Gasteiger partial charge in [0.2, 0.25) is 11.8 Å². The number of nitrogens with one attached hydrogen (secondary N) is 2. The number of carbonyl (C=O) groups excluding carboxylic acids is 2. The Morgan fingerprint density at radius 1 is 1.33 bits per heavy atom. The minimum absolute atomic E-state index is 0.101. The van der Waals surface area contributed by atoms with Gasteiger partial charge in [0.05, 0.1) is 11.5 Å². The van der Waals surface area contributed by atoms with Gasteiger partial charge in [0.25, 0.3) is 0 Å². The van der Waals surface area contributed by atoms with E-state index in [1.165, 1.54) is 6.92 Å². The van der Waals surface area contributed by atoms with E-state index >= 15 is 0 Å². The number of amides is 2. The summed E-state index contributed by atoms with van der Waals surface area (Å²) >= 11 is 4.00. The van der Waals surface area contributed by atoms with E-state index in [-0.39, 0.29) is 35.1 Å². The van der Waals surface area contributed by atoms with Gasteiger partial charge >= 0.3 is 0 Å². The molecular weight excluding hydrogens is 276 g/mol. The normalized spacial score (nSPS) is 21.0. The zero-order valence-electron chi connectivity index (χ0n) is 10.2. The van der Waals surface area contributed by atoms with Crippen molar-refractivity contribution in [2.24, 2.45) is 0 Å². The average Bonchev–Trinajstić information content (AvgIpc) is 2.28. The van der Waals surface area contributed by atoms with Crippen LogP contribution in [-0.4, -0.2) is 49.6 Å². The molecule has 1 fully saturated rings. The number of sulfone groups is 1. The fourth-order valence-corrected chi connectivity index (χ4v) is 3.52. The molecule has 2 amide bonds. The van der Waals surface area contributed by atoms with Gasteiger partial charge in [0.15, 0.2) is 0 Å². The van der Waals surface area contributed by atoms with E-state index in [0.29, 0.717) is 12.8 Å². The number of thiol groups is 1. The predicted octanol–water partition coefficient (Wildman–Crippen LogP) is -0.886. The van der Waals surface area contributed by atoms with Crippen LogP contribution >= 0.6 is 12.6 Å². The second-order valence-corrected chi connectivity index (χ2v) is 7.04. The molecule has 2 N–H and O–H groups in total. The standard InChI is InChI=1S/C10H18N2O4S2/c1-7(13)11-9(6-17)10(14)12-8-2-4-18(15,16)5-3-8/h8-9,17H,2-6H2,1H3,(H,11,13)(H,12,14). The second-order valence-electron chi connectivity index (χ2n) is 4.37. The minimum Gasteiger partial charge on any atom is -0.351 e. The topological polar surface area (TPSA) is 92.3 Å². The zero-order chi connectivity index (χ0) is 13.8. The van der Waals surface area contributed by atoms with E-state index in [4.69, 9.17) is 0 Å². The number of rotatable bonds is 4. The average molecular weight is 294 g/mol. The van der Waals surface area contributed by atoms with Crippen molar-refractivity contribution in [1.82, 2.24) is 10.6 Å². The number of hydrogen-bond acceptors (Lipinski definition) is 5.